The first-order valence-corrected chi connectivity index (χ1v) is 6.44. The number of nitrogens with zero attached hydrogens (tertiary/aromatic N) is 4. The van der Waals surface area contributed by atoms with Gasteiger partial charge in [0.2, 0.25) is 11.0 Å². The second kappa shape index (κ2) is 5.48. The monoisotopic (exact) mass is 270 g/mol. The number of nitro groups is 1. The van der Waals surface area contributed by atoms with Gasteiger partial charge in [-0.1, -0.05) is 24.4 Å². The summed E-state index contributed by atoms with van der Waals surface area (Å²) in [6.07, 6.45) is 5.70. The van der Waals surface area contributed by atoms with Crippen molar-refractivity contribution in [3.63, 3.8) is 0 Å². The molecule has 1 aromatic rings. The molecule has 0 amide bonds. The maximum Gasteiger partial charge on any atom is 0.348 e. The fourth-order valence-corrected chi connectivity index (χ4v) is 2.71. The largest absolute Gasteiger partial charge is 0.348 e. The minimum Gasteiger partial charge on any atom is -0.348 e. The molecule has 0 aliphatic heterocycles. The molecule has 0 atom stereocenters. The lowest BCUT2D eigenvalue weighted by molar-refractivity contribution is -0.384. The Kier molecular flexibility index (Phi) is 3.96. The molecule has 1 fully saturated rings. The van der Waals surface area contributed by atoms with E-state index >= 15 is 0 Å². The van der Waals surface area contributed by atoms with Crippen LogP contribution in [0.4, 0.5) is 11.5 Å². The van der Waals surface area contributed by atoms with E-state index in [0.29, 0.717) is 18.4 Å². The lowest BCUT2D eigenvalue weighted by Crippen LogP contribution is -2.34. The lowest BCUT2D eigenvalue weighted by Gasteiger charge is -2.28. The van der Waals surface area contributed by atoms with Crippen LogP contribution in [-0.4, -0.2) is 27.5 Å². The van der Waals surface area contributed by atoms with Gasteiger partial charge in [-0.3, -0.25) is 10.1 Å². The molecule has 0 N–H and O–H groups in total. The average Bonchev–Trinajstić information content (AvgIpc) is 2.83. The summed E-state index contributed by atoms with van der Waals surface area (Å²) in [5, 5.41) is 11.0. The molecule has 1 saturated carbocycles. The van der Waals surface area contributed by atoms with Gasteiger partial charge in [0, 0.05) is 12.6 Å². The summed E-state index contributed by atoms with van der Waals surface area (Å²) in [6, 6.07) is 0.319. The molecular weight excluding hydrogens is 256 g/mol. The van der Waals surface area contributed by atoms with Gasteiger partial charge in [-0.15, -0.1) is 0 Å². The Bertz CT molecular complexity index is 449. The van der Waals surface area contributed by atoms with E-state index in [1.807, 2.05) is 11.8 Å². The molecular formula is C11H15ClN4O2. The van der Waals surface area contributed by atoms with Crippen LogP contribution in [0.25, 0.3) is 0 Å². The summed E-state index contributed by atoms with van der Waals surface area (Å²) in [4.78, 5) is 20.3. The third-order valence-electron chi connectivity index (χ3n) is 3.32. The summed E-state index contributed by atoms with van der Waals surface area (Å²) in [5.41, 5.74) is -0.187. The number of halogens is 1. The van der Waals surface area contributed by atoms with Crippen LogP contribution in [0.15, 0.2) is 6.33 Å². The van der Waals surface area contributed by atoms with Crippen LogP contribution in [0.3, 0.4) is 0 Å². The third kappa shape index (κ3) is 2.38. The highest BCUT2D eigenvalue weighted by atomic mass is 35.5. The van der Waals surface area contributed by atoms with Crippen LogP contribution >= 0.6 is 11.6 Å². The number of anilines is 1. The molecule has 0 radical (unpaired) electrons. The zero-order valence-electron chi connectivity index (χ0n) is 10.2. The lowest BCUT2D eigenvalue weighted by atomic mass is 10.2. The summed E-state index contributed by atoms with van der Waals surface area (Å²) in [6.45, 7) is 2.65. The predicted molar refractivity (Wildman–Crippen MR) is 69.0 cm³/mol. The number of aromatic nitrogens is 2. The summed E-state index contributed by atoms with van der Waals surface area (Å²) in [5.74, 6) is 0.342. The van der Waals surface area contributed by atoms with E-state index in [-0.39, 0.29) is 10.8 Å². The quantitative estimate of drug-likeness (QED) is 0.478. The molecule has 1 aromatic heterocycles. The van der Waals surface area contributed by atoms with Gasteiger partial charge in [-0.2, -0.15) is 0 Å². The summed E-state index contributed by atoms with van der Waals surface area (Å²) < 4.78 is 0. The van der Waals surface area contributed by atoms with E-state index in [1.165, 1.54) is 6.33 Å². The Morgan fingerprint density at radius 1 is 1.50 bits per heavy atom. The van der Waals surface area contributed by atoms with E-state index in [2.05, 4.69) is 9.97 Å². The average molecular weight is 271 g/mol. The zero-order valence-corrected chi connectivity index (χ0v) is 10.9. The van der Waals surface area contributed by atoms with Crippen molar-refractivity contribution in [2.45, 2.75) is 38.6 Å². The van der Waals surface area contributed by atoms with Crippen LogP contribution in [0.2, 0.25) is 5.15 Å². The molecule has 0 spiro atoms. The van der Waals surface area contributed by atoms with Crippen molar-refractivity contribution in [1.82, 2.24) is 9.97 Å². The van der Waals surface area contributed by atoms with Gasteiger partial charge < -0.3 is 4.90 Å². The maximum absolute atomic E-state index is 11.1. The maximum atomic E-state index is 11.1. The van der Waals surface area contributed by atoms with Gasteiger partial charge in [0.05, 0.1) is 4.92 Å². The van der Waals surface area contributed by atoms with Gasteiger partial charge in [-0.25, -0.2) is 9.97 Å². The van der Waals surface area contributed by atoms with E-state index in [1.54, 1.807) is 0 Å². The number of rotatable bonds is 4. The van der Waals surface area contributed by atoms with Crippen LogP contribution in [-0.2, 0) is 0 Å². The van der Waals surface area contributed by atoms with Crippen LogP contribution in [0, 0.1) is 10.1 Å². The fraction of sp³-hybridized carbons (Fsp3) is 0.636. The highest BCUT2D eigenvalue weighted by Crippen LogP contribution is 2.35. The first kappa shape index (κ1) is 13.0. The second-order valence-corrected chi connectivity index (χ2v) is 4.68. The Labute approximate surface area is 110 Å². The molecule has 0 aromatic carbocycles. The Balaban J connectivity index is 2.41. The van der Waals surface area contributed by atoms with Crippen molar-refractivity contribution >= 4 is 23.1 Å². The van der Waals surface area contributed by atoms with Crippen molar-refractivity contribution in [2.75, 3.05) is 11.4 Å². The molecule has 1 aliphatic carbocycles. The van der Waals surface area contributed by atoms with Crippen molar-refractivity contribution in [3.8, 4) is 0 Å². The highest BCUT2D eigenvalue weighted by Gasteiger charge is 2.30. The third-order valence-corrected chi connectivity index (χ3v) is 3.60. The smallest absolute Gasteiger partial charge is 0.348 e. The van der Waals surface area contributed by atoms with E-state index in [4.69, 9.17) is 11.6 Å². The molecule has 7 heteroatoms. The standard InChI is InChI=1S/C11H15ClN4O2/c1-2-15(8-5-3-4-6-8)11-9(16(17)18)10(12)13-7-14-11/h7-8H,2-6H2,1H3. The summed E-state index contributed by atoms with van der Waals surface area (Å²) in [7, 11) is 0. The summed E-state index contributed by atoms with van der Waals surface area (Å²) >= 11 is 5.81. The van der Waals surface area contributed by atoms with Gasteiger partial charge >= 0.3 is 5.69 Å². The van der Waals surface area contributed by atoms with Crippen molar-refractivity contribution in [3.05, 3.63) is 21.6 Å². The molecule has 6 nitrogen and oxygen atoms in total. The van der Waals surface area contributed by atoms with Gasteiger partial charge in [0.15, 0.2) is 0 Å². The minimum absolute atomic E-state index is 0.0959. The first-order chi connectivity index (χ1) is 8.65. The van der Waals surface area contributed by atoms with E-state index < -0.39 is 4.92 Å². The first-order valence-electron chi connectivity index (χ1n) is 6.06. The van der Waals surface area contributed by atoms with Gasteiger partial charge in [-0.05, 0) is 19.8 Å². The fourth-order valence-electron chi connectivity index (χ4n) is 2.51. The van der Waals surface area contributed by atoms with E-state index in [9.17, 15) is 10.1 Å². The topological polar surface area (TPSA) is 72.2 Å². The molecule has 98 valence electrons. The molecule has 1 aliphatic rings. The Hall–Kier alpha value is -1.43. The van der Waals surface area contributed by atoms with Crippen molar-refractivity contribution in [2.24, 2.45) is 0 Å². The van der Waals surface area contributed by atoms with Crippen LogP contribution < -0.4 is 4.90 Å². The van der Waals surface area contributed by atoms with Crippen molar-refractivity contribution < 1.29 is 4.92 Å². The van der Waals surface area contributed by atoms with Gasteiger partial charge in [0.25, 0.3) is 0 Å². The Morgan fingerprint density at radius 3 is 2.72 bits per heavy atom. The number of hydrogen-bond acceptors (Lipinski definition) is 5. The molecule has 0 unspecified atom stereocenters. The second-order valence-electron chi connectivity index (χ2n) is 4.32. The molecule has 0 bridgehead atoms. The molecule has 1 heterocycles. The molecule has 2 rings (SSSR count). The van der Waals surface area contributed by atoms with Crippen LogP contribution in [0.5, 0.6) is 0 Å². The normalized spacial score (nSPS) is 15.9. The number of hydrogen-bond donors (Lipinski definition) is 0. The molecule has 18 heavy (non-hydrogen) atoms. The van der Waals surface area contributed by atoms with Crippen molar-refractivity contribution in [1.29, 1.82) is 0 Å². The van der Waals surface area contributed by atoms with E-state index in [0.717, 1.165) is 25.7 Å². The van der Waals surface area contributed by atoms with Gasteiger partial charge in [0.1, 0.15) is 6.33 Å². The molecule has 0 saturated heterocycles. The minimum atomic E-state index is -0.505. The Morgan fingerprint density at radius 2 is 2.17 bits per heavy atom. The SMILES string of the molecule is CCN(c1ncnc(Cl)c1[N+](=O)[O-])C1CCCC1. The van der Waals surface area contributed by atoms with Crippen LogP contribution in [0.1, 0.15) is 32.6 Å². The zero-order chi connectivity index (χ0) is 13.1. The predicted octanol–water partition coefficient (Wildman–Crippen LogP) is 2.81. The highest BCUT2D eigenvalue weighted by molar-refractivity contribution is 6.31.